The van der Waals surface area contributed by atoms with Crippen molar-refractivity contribution in [2.45, 2.75) is 18.3 Å². The van der Waals surface area contributed by atoms with Crippen LogP contribution < -0.4 is 11.5 Å². The normalized spacial score (nSPS) is 16.9. The monoisotopic (exact) mass is 379 g/mol. The number of halogens is 2. The zero-order valence-electron chi connectivity index (χ0n) is 6.59. The molecule has 4 N–H and O–H groups in total. The zero-order chi connectivity index (χ0) is 8.36. The van der Waals surface area contributed by atoms with E-state index in [0.717, 1.165) is 0 Å². The van der Waals surface area contributed by atoms with E-state index in [1.165, 1.54) is 0 Å². The first kappa shape index (κ1) is 14.7. The fourth-order valence-corrected chi connectivity index (χ4v) is 1.01. The molecule has 2 nitrogen and oxygen atoms in total. The molecule has 11 heavy (non-hydrogen) atoms. The van der Waals surface area contributed by atoms with Gasteiger partial charge in [-0.25, -0.2) is 0 Å². The summed E-state index contributed by atoms with van der Waals surface area (Å²) in [6.45, 7) is 4.41. The van der Waals surface area contributed by atoms with Gasteiger partial charge >= 0.3 is 0 Å². The molecule has 0 rings (SSSR count). The van der Waals surface area contributed by atoms with Crippen molar-refractivity contribution in [1.82, 2.24) is 0 Å². The summed E-state index contributed by atoms with van der Waals surface area (Å²) in [5, 5.41) is 0. The molecule has 0 spiro atoms. The van der Waals surface area contributed by atoms with Crippen molar-refractivity contribution in [2.75, 3.05) is 6.54 Å². The summed E-state index contributed by atoms with van der Waals surface area (Å²) < 4.78 is -1.15. The molecule has 0 aliphatic heterocycles. The minimum Gasteiger partial charge on any atom is -0.330 e. The molecule has 0 saturated carbocycles. The van der Waals surface area contributed by atoms with Crippen LogP contribution in [0.1, 0.15) is 13.8 Å². The zero-order valence-corrected chi connectivity index (χ0v) is 10.4. The van der Waals surface area contributed by atoms with Gasteiger partial charge in [-0.1, -0.05) is 37.0 Å². The van der Waals surface area contributed by atoms with Crippen molar-refractivity contribution in [3.63, 3.8) is 0 Å². The van der Waals surface area contributed by atoms with Gasteiger partial charge in [0.05, 0.1) is 0 Å². The van der Waals surface area contributed by atoms with Gasteiger partial charge in [-0.15, -0.1) is 0 Å². The molecule has 0 radical (unpaired) electrons. The van der Waals surface area contributed by atoms with Crippen LogP contribution in [0, 0.1) is 11.8 Å². The largest absolute Gasteiger partial charge is 0.330 e. The summed E-state index contributed by atoms with van der Waals surface area (Å²) in [6.07, 6.45) is 0. The number of alkyl halides is 2. The second-order valence-electron chi connectivity index (χ2n) is 2.68. The standard InChI is InChI=1S/C6H14Cl2N2.Pt/c1-4(3-9)5(2)6(7,8)10;/h4-5H,3,9-10H2,1-2H3;. The Kier molecular flexibility index (Phi) is 7.71. The van der Waals surface area contributed by atoms with E-state index in [1.54, 1.807) is 0 Å². The quantitative estimate of drug-likeness (QED) is 0.573. The Morgan fingerprint density at radius 3 is 1.82 bits per heavy atom. The average Bonchev–Trinajstić information content (AvgIpc) is 1.83. The minimum atomic E-state index is -1.15. The van der Waals surface area contributed by atoms with Crippen LogP contribution >= 0.6 is 23.2 Å². The SMILES string of the molecule is CC(CN)C(C)C(N)(Cl)Cl.[Pt]. The van der Waals surface area contributed by atoms with Gasteiger partial charge in [-0.05, 0) is 12.5 Å². The van der Waals surface area contributed by atoms with Crippen LogP contribution in [0.3, 0.4) is 0 Å². The van der Waals surface area contributed by atoms with Gasteiger partial charge in [0, 0.05) is 27.0 Å². The molecule has 5 heteroatoms. The third-order valence-corrected chi connectivity index (χ3v) is 2.52. The third-order valence-electron chi connectivity index (χ3n) is 1.83. The van der Waals surface area contributed by atoms with Gasteiger partial charge < -0.3 is 5.73 Å². The molecule has 2 atom stereocenters. The maximum atomic E-state index is 5.64. The first-order valence-corrected chi connectivity index (χ1v) is 4.02. The van der Waals surface area contributed by atoms with Crippen molar-refractivity contribution in [3.8, 4) is 0 Å². The summed E-state index contributed by atoms with van der Waals surface area (Å²) in [5.41, 5.74) is 10.8. The number of nitrogens with two attached hydrogens (primary N) is 2. The fraction of sp³-hybridized carbons (Fsp3) is 1.00. The van der Waals surface area contributed by atoms with Gasteiger partial charge in [0.1, 0.15) is 0 Å². The molecule has 2 unspecified atom stereocenters. The minimum absolute atomic E-state index is 0. The molecule has 72 valence electrons. The molecule has 0 bridgehead atoms. The van der Waals surface area contributed by atoms with E-state index in [0.29, 0.717) is 6.54 Å². The molecule has 0 fully saturated rings. The number of hydrogen-bond acceptors (Lipinski definition) is 2. The van der Waals surface area contributed by atoms with E-state index >= 15 is 0 Å². The molecular formula is C6H14Cl2N2Pt. The van der Waals surface area contributed by atoms with Crippen LogP contribution in [0.2, 0.25) is 0 Å². The third kappa shape index (κ3) is 5.43. The van der Waals surface area contributed by atoms with Crippen LogP contribution in [-0.2, 0) is 21.1 Å². The smallest absolute Gasteiger partial charge is 0.169 e. The van der Waals surface area contributed by atoms with Gasteiger partial charge in [-0.2, -0.15) is 0 Å². The topological polar surface area (TPSA) is 52.0 Å². The van der Waals surface area contributed by atoms with Crippen LogP contribution in [0.15, 0.2) is 0 Å². The average molecular weight is 380 g/mol. The molecule has 0 aliphatic carbocycles. The van der Waals surface area contributed by atoms with Gasteiger partial charge in [0.15, 0.2) is 4.46 Å². The first-order chi connectivity index (χ1) is 4.39. The van der Waals surface area contributed by atoms with E-state index in [1.807, 2.05) is 13.8 Å². The molecule has 0 amide bonds. The number of hydrogen-bond donors (Lipinski definition) is 2. The molecular weight excluding hydrogens is 366 g/mol. The van der Waals surface area contributed by atoms with Gasteiger partial charge in [-0.3, -0.25) is 5.73 Å². The van der Waals surface area contributed by atoms with Crippen molar-refractivity contribution in [3.05, 3.63) is 0 Å². The Morgan fingerprint density at radius 2 is 1.73 bits per heavy atom. The molecule has 0 heterocycles. The summed E-state index contributed by atoms with van der Waals surface area (Å²) in [6, 6.07) is 0. The molecule has 0 aliphatic rings. The Hall–Kier alpha value is 1.19. The predicted molar refractivity (Wildman–Crippen MR) is 46.0 cm³/mol. The molecule has 0 saturated heterocycles. The first-order valence-electron chi connectivity index (χ1n) is 3.26. The van der Waals surface area contributed by atoms with Gasteiger partial charge in [0.2, 0.25) is 0 Å². The molecule has 0 aromatic carbocycles. The van der Waals surface area contributed by atoms with E-state index in [4.69, 9.17) is 34.7 Å². The Morgan fingerprint density at radius 1 is 1.36 bits per heavy atom. The van der Waals surface area contributed by atoms with Crippen molar-refractivity contribution in [2.24, 2.45) is 23.3 Å². The second-order valence-corrected chi connectivity index (χ2v) is 4.12. The van der Waals surface area contributed by atoms with Crippen molar-refractivity contribution < 1.29 is 21.1 Å². The van der Waals surface area contributed by atoms with Crippen LogP contribution in [0.5, 0.6) is 0 Å². The molecule has 0 aromatic rings. The predicted octanol–water partition coefficient (Wildman–Crippen LogP) is 1.30. The maximum Gasteiger partial charge on any atom is 0.169 e. The maximum absolute atomic E-state index is 5.64. The summed E-state index contributed by atoms with van der Waals surface area (Å²) in [5.74, 6) is 0.265. The van der Waals surface area contributed by atoms with E-state index in [2.05, 4.69) is 0 Å². The summed E-state index contributed by atoms with van der Waals surface area (Å²) >= 11 is 11.3. The van der Waals surface area contributed by atoms with Crippen molar-refractivity contribution in [1.29, 1.82) is 0 Å². The fourth-order valence-electron chi connectivity index (χ4n) is 0.583. The Balaban J connectivity index is 0. The van der Waals surface area contributed by atoms with Crippen molar-refractivity contribution >= 4 is 23.2 Å². The summed E-state index contributed by atoms with van der Waals surface area (Å²) in [7, 11) is 0. The second kappa shape index (κ2) is 5.77. The van der Waals surface area contributed by atoms with Crippen LogP contribution in [-0.4, -0.2) is 11.0 Å². The van der Waals surface area contributed by atoms with Crippen LogP contribution in [0.25, 0.3) is 0 Å². The van der Waals surface area contributed by atoms with E-state index in [9.17, 15) is 0 Å². The molecule has 0 aromatic heterocycles. The summed E-state index contributed by atoms with van der Waals surface area (Å²) in [4.78, 5) is 0. The van der Waals surface area contributed by atoms with E-state index in [-0.39, 0.29) is 32.9 Å². The van der Waals surface area contributed by atoms with Gasteiger partial charge in [0.25, 0.3) is 0 Å². The number of rotatable bonds is 3. The van der Waals surface area contributed by atoms with E-state index < -0.39 is 4.46 Å². The Bertz CT molecular complexity index is 105. The van der Waals surface area contributed by atoms with Crippen LogP contribution in [0.4, 0.5) is 0 Å². The Labute approximate surface area is 92.2 Å².